The number of ether oxygens (including phenoxy) is 1. The Morgan fingerprint density at radius 3 is 2.79 bits per heavy atom. The second-order valence-electron chi connectivity index (χ2n) is 3.09. The van der Waals surface area contributed by atoms with Crippen LogP contribution in [-0.2, 0) is 4.74 Å². The summed E-state index contributed by atoms with van der Waals surface area (Å²) in [5.41, 5.74) is 0.648. The van der Waals surface area contributed by atoms with E-state index in [1.54, 1.807) is 12.1 Å². The van der Waals surface area contributed by atoms with Crippen molar-refractivity contribution in [2.75, 3.05) is 19.7 Å². The van der Waals surface area contributed by atoms with Crippen LogP contribution in [0.3, 0.4) is 0 Å². The molecule has 1 aliphatic rings. The second-order valence-corrected chi connectivity index (χ2v) is 3.09. The lowest BCUT2D eigenvalue weighted by Crippen LogP contribution is -2.33. The Bertz CT molecular complexity index is 289. The quantitative estimate of drug-likeness (QED) is 0.776. The van der Waals surface area contributed by atoms with Gasteiger partial charge in [0, 0.05) is 18.7 Å². The maximum atomic E-state index is 13.3. The summed E-state index contributed by atoms with van der Waals surface area (Å²) in [7, 11) is 0. The van der Waals surface area contributed by atoms with Crippen LogP contribution in [0.4, 0.5) is 4.39 Å². The SMILES string of the molecule is Cl.Fc1ccccc1C1CNCCO1. The summed E-state index contributed by atoms with van der Waals surface area (Å²) in [5, 5.41) is 3.17. The molecule has 0 aliphatic carbocycles. The van der Waals surface area contributed by atoms with E-state index in [-0.39, 0.29) is 24.3 Å². The number of rotatable bonds is 1. The highest BCUT2D eigenvalue weighted by atomic mass is 35.5. The summed E-state index contributed by atoms with van der Waals surface area (Å²) < 4.78 is 18.7. The molecule has 4 heteroatoms. The zero-order valence-electron chi connectivity index (χ0n) is 7.70. The van der Waals surface area contributed by atoms with Crippen LogP contribution in [0.25, 0.3) is 0 Å². The first-order valence-corrected chi connectivity index (χ1v) is 4.44. The molecule has 1 unspecified atom stereocenters. The smallest absolute Gasteiger partial charge is 0.129 e. The zero-order valence-corrected chi connectivity index (χ0v) is 8.52. The van der Waals surface area contributed by atoms with Crippen LogP contribution in [0.5, 0.6) is 0 Å². The number of halogens is 2. The Hall–Kier alpha value is -0.640. The van der Waals surface area contributed by atoms with Crippen LogP contribution < -0.4 is 5.32 Å². The van der Waals surface area contributed by atoms with Gasteiger partial charge in [-0.1, -0.05) is 18.2 Å². The van der Waals surface area contributed by atoms with Gasteiger partial charge in [0.25, 0.3) is 0 Å². The number of hydrogen-bond donors (Lipinski definition) is 1. The molecule has 0 amide bonds. The average molecular weight is 218 g/mol. The molecule has 2 nitrogen and oxygen atoms in total. The number of hydrogen-bond acceptors (Lipinski definition) is 2. The summed E-state index contributed by atoms with van der Waals surface area (Å²) in [5.74, 6) is -0.184. The van der Waals surface area contributed by atoms with Crippen molar-refractivity contribution >= 4 is 12.4 Å². The predicted molar refractivity (Wildman–Crippen MR) is 55.2 cm³/mol. The van der Waals surface area contributed by atoms with E-state index in [0.717, 1.165) is 6.54 Å². The van der Waals surface area contributed by atoms with Gasteiger partial charge >= 0.3 is 0 Å². The molecule has 1 aliphatic heterocycles. The Morgan fingerprint density at radius 2 is 2.14 bits per heavy atom. The van der Waals surface area contributed by atoms with E-state index in [0.29, 0.717) is 18.7 Å². The number of nitrogens with one attached hydrogen (secondary N) is 1. The highest BCUT2D eigenvalue weighted by Gasteiger charge is 2.18. The van der Waals surface area contributed by atoms with Gasteiger partial charge in [0.1, 0.15) is 5.82 Å². The third-order valence-corrected chi connectivity index (χ3v) is 2.18. The molecular weight excluding hydrogens is 205 g/mol. The van der Waals surface area contributed by atoms with Crippen molar-refractivity contribution < 1.29 is 9.13 Å². The highest BCUT2D eigenvalue weighted by Crippen LogP contribution is 2.20. The Kier molecular flexibility index (Phi) is 4.32. The molecule has 0 spiro atoms. The lowest BCUT2D eigenvalue weighted by molar-refractivity contribution is 0.0255. The number of benzene rings is 1. The van der Waals surface area contributed by atoms with E-state index < -0.39 is 0 Å². The molecule has 1 aromatic rings. The lowest BCUT2D eigenvalue weighted by Gasteiger charge is -2.24. The van der Waals surface area contributed by atoms with Crippen LogP contribution >= 0.6 is 12.4 Å². The van der Waals surface area contributed by atoms with Crippen molar-refractivity contribution in [2.45, 2.75) is 6.10 Å². The average Bonchev–Trinajstić information content (AvgIpc) is 2.20. The van der Waals surface area contributed by atoms with Crippen LogP contribution in [-0.4, -0.2) is 19.7 Å². The van der Waals surface area contributed by atoms with Gasteiger partial charge in [-0.15, -0.1) is 12.4 Å². The van der Waals surface area contributed by atoms with Crippen LogP contribution in [0, 0.1) is 5.82 Å². The van der Waals surface area contributed by atoms with Gasteiger partial charge < -0.3 is 10.1 Å². The third-order valence-electron chi connectivity index (χ3n) is 2.18. The Labute approximate surface area is 88.9 Å². The summed E-state index contributed by atoms with van der Waals surface area (Å²) in [4.78, 5) is 0. The summed E-state index contributed by atoms with van der Waals surface area (Å²) in [6.45, 7) is 2.20. The molecule has 1 N–H and O–H groups in total. The zero-order chi connectivity index (χ0) is 9.10. The van der Waals surface area contributed by atoms with Crippen molar-refractivity contribution in [3.05, 3.63) is 35.6 Å². The summed E-state index contributed by atoms with van der Waals surface area (Å²) >= 11 is 0. The van der Waals surface area contributed by atoms with E-state index in [4.69, 9.17) is 4.74 Å². The Balaban J connectivity index is 0.000000980. The van der Waals surface area contributed by atoms with Gasteiger partial charge in [-0.2, -0.15) is 0 Å². The molecule has 1 saturated heterocycles. The van der Waals surface area contributed by atoms with Crippen molar-refractivity contribution in [2.24, 2.45) is 0 Å². The van der Waals surface area contributed by atoms with Crippen molar-refractivity contribution in [1.29, 1.82) is 0 Å². The fourth-order valence-corrected chi connectivity index (χ4v) is 1.50. The van der Waals surface area contributed by atoms with E-state index in [2.05, 4.69) is 5.32 Å². The minimum absolute atomic E-state index is 0. The molecular formula is C10H13ClFNO. The first-order chi connectivity index (χ1) is 6.38. The largest absolute Gasteiger partial charge is 0.371 e. The molecule has 0 radical (unpaired) electrons. The summed E-state index contributed by atoms with van der Waals surface area (Å²) in [6.07, 6.45) is -0.130. The highest BCUT2D eigenvalue weighted by molar-refractivity contribution is 5.85. The molecule has 2 rings (SSSR count). The molecule has 1 fully saturated rings. The normalized spacial score (nSPS) is 21.4. The molecule has 1 aromatic carbocycles. The van der Waals surface area contributed by atoms with Gasteiger partial charge in [0.15, 0.2) is 0 Å². The summed E-state index contributed by atoms with van der Waals surface area (Å²) in [6, 6.07) is 6.76. The fourth-order valence-electron chi connectivity index (χ4n) is 1.50. The van der Waals surface area contributed by atoms with Crippen molar-refractivity contribution in [3.8, 4) is 0 Å². The lowest BCUT2D eigenvalue weighted by atomic mass is 10.1. The standard InChI is InChI=1S/C10H12FNO.ClH/c11-9-4-2-1-3-8(9)10-7-12-5-6-13-10;/h1-4,10,12H,5-7H2;1H. The molecule has 0 bridgehead atoms. The van der Waals surface area contributed by atoms with Gasteiger partial charge in [0.2, 0.25) is 0 Å². The molecule has 1 atom stereocenters. The maximum absolute atomic E-state index is 13.3. The van der Waals surface area contributed by atoms with E-state index in [1.165, 1.54) is 6.07 Å². The van der Waals surface area contributed by atoms with Crippen molar-refractivity contribution in [3.63, 3.8) is 0 Å². The van der Waals surface area contributed by atoms with E-state index in [1.807, 2.05) is 6.07 Å². The molecule has 0 saturated carbocycles. The van der Waals surface area contributed by atoms with Crippen LogP contribution in [0.2, 0.25) is 0 Å². The van der Waals surface area contributed by atoms with Crippen molar-refractivity contribution in [1.82, 2.24) is 5.32 Å². The van der Waals surface area contributed by atoms with Gasteiger partial charge in [0.05, 0.1) is 12.7 Å². The first-order valence-electron chi connectivity index (χ1n) is 4.44. The van der Waals surface area contributed by atoms with Crippen LogP contribution in [0.15, 0.2) is 24.3 Å². The maximum Gasteiger partial charge on any atom is 0.129 e. The first kappa shape index (κ1) is 11.4. The monoisotopic (exact) mass is 217 g/mol. The van der Waals surface area contributed by atoms with Gasteiger partial charge in [-0.05, 0) is 6.07 Å². The molecule has 14 heavy (non-hydrogen) atoms. The molecule has 0 aromatic heterocycles. The third kappa shape index (κ3) is 2.44. The minimum Gasteiger partial charge on any atom is -0.371 e. The van der Waals surface area contributed by atoms with Gasteiger partial charge in [-0.25, -0.2) is 4.39 Å². The number of morpholine rings is 1. The predicted octanol–water partition coefficient (Wildman–Crippen LogP) is 1.91. The molecule has 1 heterocycles. The van der Waals surface area contributed by atoms with E-state index >= 15 is 0 Å². The Morgan fingerprint density at radius 1 is 1.36 bits per heavy atom. The van der Waals surface area contributed by atoms with E-state index in [9.17, 15) is 4.39 Å². The second kappa shape index (κ2) is 5.29. The minimum atomic E-state index is -0.184. The molecule has 78 valence electrons. The topological polar surface area (TPSA) is 21.3 Å². The fraction of sp³-hybridized carbons (Fsp3) is 0.400. The van der Waals surface area contributed by atoms with Gasteiger partial charge in [-0.3, -0.25) is 0 Å². The van der Waals surface area contributed by atoms with Crippen LogP contribution in [0.1, 0.15) is 11.7 Å².